The Labute approximate surface area is 114 Å². The smallest absolute Gasteiger partial charge is 0.126 e. The summed E-state index contributed by atoms with van der Waals surface area (Å²) in [6.07, 6.45) is 4.27. The summed E-state index contributed by atoms with van der Waals surface area (Å²) in [5, 5.41) is 29.5. The number of benzene rings is 1. The van der Waals surface area contributed by atoms with Crippen molar-refractivity contribution < 1.29 is 15.3 Å². The minimum Gasteiger partial charge on any atom is -0.508 e. The molecule has 3 N–H and O–H groups in total. The van der Waals surface area contributed by atoms with Gasteiger partial charge in [0.15, 0.2) is 0 Å². The van der Waals surface area contributed by atoms with Gasteiger partial charge in [-0.05, 0) is 31.6 Å². The third kappa shape index (κ3) is 2.70. The lowest BCUT2D eigenvalue weighted by atomic mass is 9.72. The molecule has 0 radical (unpaired) electrons. The zero-order chi connectivity index (χ0) is 14.2. The first kappa shape index (κ1) is 13.8. The van der Waals surface area contributed by atoms with E-state index in [0.717, 1.165) is 12.8 Å². The largest absolute Gasteiger partial charge is 0.508 e. The van der Waals surface area contributed by atoms with Gasteiger partial charge in [0.05, 0.1) is 0 Å². The van der Waals surface area contributed by atoms with E-state index in [1.807, 2.05) is 0 Å². The molecule has 104 valence electrons. The fourth-order valence-corrected chi connectivity index (χ4v) is 3.08. The first-order valence-corrected chi connectivity index (χ1v) is 6.82. The van der Waals surface area contributed by atoms with Gasteiger partial charge in [-0.1, -0.05) is 25.5 Å². The minimum atomic E-state index is -0.114. The monoisotopic (exact) mass is 262 g/mol. The van der Waals surface area contributed by atoms with Gasteiger partial charge in [-0.3, -0.25) is 0 Å². The lowest BCUT2D eigenvalue weighted by Gasteiger charge is -2.33. The highest BCUT2D eigenvalue weighted by Gasteiger charge is 2.31. The summed E-state index contributed by atoms with van der Waals surface area (Å²) in [7, 11) is 0. The van der Waals surface area contributed by atoms with Gasteiger partial charge < -0.3 is 15.3 Å². The zero-order valence-corrected chi connectivity index (χ0v) is 11.7. The van der Waals surface area contributed by atoms with Crippen molar-refractivity contribution in [1.29, 1.82) is 0 Å². The molecular weight excluding hydrogens is 240 g/mol. The van der Waals surface area contributed by atoms with Gasteiger partial charge in [-0.15, -0.1) is 0 Å². The van der Waals surface area contributed by atoms with E-state index in [1.54, 1.807) is 0 Å². The first-order valence-electron chi connectivity index (χ1n) is 6.82. The van der Waals surface area contributed by atoms with Gasteiger partial charge >= 0.3 is 0 Å². The maximum atomic E-state index is 10.1. The van der Waals surface area contributed by atoms with Crippen LogP contribution in [0.4, 0.5) is 0 Å². The van der Waals surface area contributed by atoms with Crippen LogP contribution in [0.3, 0.4) is 0 Å². The van der Waals surface area contributed by atoms with Crippen LogP contribution < -0.4 is 0 Å². The molecule has 0 spiro atoms. The van der Waals surface area contributed by atoms with Crippen molar-refractivity contribution in [2.45, 2.75) is 39.5 Å². The molecule has 19 heavy (non-hydrogen) atoms. The normalized spacial score (nSPS) is 23.5. The highest BCUT2D eigenvalue weighted by atomic mass is 16.3. The van der Waals surface area contributed by atoms with Crippen LogP contribution in [0.5, 0.6) is 17.2 Å². The number of phenolic OH excluding ortho intramolecular Hbond substituents is 3. The second-order valence-electron chi connectivity index (χ2n) is 5.88. The molecule has 1 aliphatic rings. The van der Waals surface area contributed by atoms with Gasteiger partial charge in [-0.25, -0.2) is 0 Å². The Bertz CT molecular complexity index is 480. The summed E-state index contributed by atoms with van der Waals surface area (Å²) < 4.78 is 0. The van der Waals surface area contributed by atoms with E-state index in [4.69, 9.17) is 0 Å². The maximum Gasteiger partial charge on any atom is 0.126 e. The minimum absolute atomic E-state index is 0.00866. The van der Waals surface area contributed by atoms with Gasteiger partial charge in [0, 0.05) is 23.6 Å². The van der Waals surface area contributed by atoms with E-state index < -0.39 is 0 Å². The molecule has 2 atom stereocenters. The second kappa shape index (κ2) is 5.16. The Balaban J connectivity index is 2.51. The number of rotatable bonds is 2. The van der Waals surface area contributed by atoms with E-state index >= 15 is 0 Å². The highest BCUT2D eigenvalue weighted by Crippen LogP contribution is 2.47. The molecule has 0 amide bonds. The molecule has 0 saturated heterocycles. The van der Waals surface area contributed by atoms with Crippen LogP contribution in [0.1, 0.15) is 45.1 Å². The van der Waals surface area contributed by atoms with E-state index in [1.165, 1.54) is 17.7 Å². The van der Waals surface area contributed by atoms with Crippen LogP contribution in [-0.2, 0) is 0 Å². The maximum absolute atomic E-state index is 10.1. The summed E-state index contributed by atoms with van der Waals surface area (Å²) >= 11 is 0. The molecular formula is C16H22O3. The fraction of sp³-hybridized carbons (Fsp3) is 0.500. The SMILES string of the molecule is CC1=C[C@H](c2c(O)cc(O)cc2O)[C@@H](C(C)C)CC1. The standard InChI is InChI=1S/C16H22O3/c1-9(2)12-5-4-10(3)6-13(12)16-14(18)7-11(17)8-15(16)19/h6-9,12-13,17-19H,4-5H2,1-3H3/t12-,13+/m1/s1. The molecule has 0 saturated carbocycles. The number of allylic oxidation sites excluding steroid dienone is 2. The predicted octanol–water partition coefficient (Wildman–Crippen LogP) is 3.90. The molecule has 1 aliphatic carbocycles. The summed E-state index contributed by atoms with van der Waals surface area (Å²) in [6, 6.07) is 2.59. The zero-order valence-electron chi connectivity index (χ0n) is 11.7. The molecule has 3 heteroatoms. The summed E-state index contributed by atoms with van der Waals surface area (Å²) in [4.78, 5) is 0. The molecule has 0 heterocycles. The predicted molar refractivity (Wildman–Crippen MR) is 75.5 cm³/mol. The Kier molecular flexibility index (Phi) is 3.74. The number of hydrogen-bond donors (Lipinski definition) is 3. The number of aromatic hydroxyl groups is 3. The van der Waals surface area contributed by atoms with Crippen LogP contribution in [0.15, 0.2) is 23.8 Å². The summed E-state index contributed by atoms with van der Waals surface area (Å²) in [5.74, 6) is 0.705. The van der Waals surface area contributed by atoms with Crippen molar-refractivity contribution in [2.75, 3.05) is 0 Å². The van der Waals surface area contributed by atoms with Gasteiger partial charge in [0.25, 0.3) is 0 Å². The van der Waals surface area contributed by atoms with Crippen molar-refractivity contribution in [3.05, 3.63) is 29.3 Å². The molecule has 1 aromatic rings. The number of hydrogen-bond acceptors (Lipinski definition) is 3. The Hall–Kier alpha value is -1.64. The van der Waals surface area contributed by atoms with Crippen LogP contribution in [0.2, 0.25) is 0 Å². The van der Waals surface area contributed by atoms with Crippen LogP contribution >= 0.6 is 0 Å². The number of phenols is 3. The van der Waals surface area contributed by atoms with Gasteiger partial charge in [0.2, 0.25) is 0 Å². The van der Waals surface area contributed by atoms with E-state index in [-0.39, 0.29) is 23.2 Å². The summed E-state index contributed by atoms with van der Waals surface area (Å²) in [5.41, 5.74) is 1.82. The van der Waals surface area contributed by atoms with Crippen LogP contribution in [0.25, 0.3) is 0 Å². The Morgan fingerprint density at radius 1 is 1.11 bits per heavy atom. The third-order valence-corrected chi connectivity index (χ3v) is 4.11. The highest BCUT2D eigenvalue weighted by molar-refractivity contribution is 5.52. The van der Waals surface area contributed by atoms with Crippen LogP contribution in [-0.4, -0.2) is 15.3 Å². The lowest BCUT2D eigenvalue weighted by molar-refractivity contribution is 0.303. The Morgan fingerprint density at radius 3 is 2.21 bits per heavy atom. The quantitative estimate of drug-likeness (QED) is 0.708. The lowest BCUT2D eigenvalue weighted by Crippen LogP contribution is -2.21. The second-order valence-corrected chi connectivity index (χ2v) is 5.88. The average molecular weight is 262 g/mol. The average Bonchev–Trinajstić information content (AvgIpc) is 2.27. The molecule has 3 nitrogen and oxygen atoms in total. The molecule has 0 unspecified atom stereocenters. The molecule has 2 rings (SSSR count). The molecule has 0 aromatic heterocycles. The van der Waals surface area contributed by atoms with Crippen molar-refractivity contribution in [3.63, 3.8) is 0 Å². The molecule has 1 aromatic carbocycles. The van der Waals surface area contributed by atoms with E-state index in [9.17, 15) is 15.3 Å². The van der Waals surface area contributed by atoms with Crippen LogP contribution in [0, 0.1) is 11.8 Å². The van der Waals surface area contributed by atoms with Gasteiger partial charge in [0.1, 0.15) is 17.2 Å². The fourth-order valence-electron chi connectivity index (χ4n) is 3.08. The third-order valence-electron chi connectivity index (χ3n) is 4.11. The first-order chi connectivity index (χ1) is 8.90. The molecule has 0 fully saturated rings. The van der Waals surface area contributed by atoms with Gasteiger partial charge in [-0.2, -0.15) is 0 Å². The van der Waals surface area contributed by atoms with Crippen molar-refractivity contribution in [1.82, 2.24) is 0 Å². The van der Waals surface area contributed by atoms with E-state index in [2.05, 4.69) is 26.8 Å². The van der Waals surface area contributed by atoms with Crippen molar-refractivity contribution in [2.24, 2.45) is 11.8 Å². The Morgan fingerprint density at radius 2 is 1.68 bits per heavy atom. The molecule has 0 bridgehead atoms. The van der Waals surface area contributed by atoms with Crippen molar-refractivity contribution in [3.8, 4) is 17.2 Å². The van der Waals surface area contributed by atoms with E-state index in [0.29, 0.717) is 17.4 Å². The van der Waals surface area contributed by atoms with Crippen molar-refractivity contribution >= 4 is 0 Å². The topological polar surface area (TPSA) is 60.7 Å². The summed E-state index contributed by atoms with van der Waals surface area (Å²) in [6.45, 7) is 6.42. The molecule has 0 aliphatic heterocycles.